The van der Waals surface area contributed by atoms with Gasteiger partial charge in [0.15, 0.2) is 11.9 Å². The van der Waals surface area contributed by atoms with E-state index in [1.807, 2.05) is 7.05 Å². The number of hydrogen-bond donors (Lipinski definition) is 0. The molecule has 1 nitrogen and oxygen atoms in total. The Morgan fingerprint density at radius 1 is 1.71 bits per heavy atom. The van der Waals surface area contributed by atoms with E-state index in [4.69, 9.17) is 0 Å². The van der Waals surface area contributed by atoms with Crippen molar-refractivity contribution in [2.75, 3.05) is 7.05 Å². The van der Waals surface area contributed by atoms with E-state index in [0.29, 0.717) is 6.04 Å². The largest absolute Gasteiger partial charge is 0.193 e. The van der Waals surface area contributed by atoms with E-state index in [1.165, 1.54) is 5.57 Å². The Kier molecular flexibility index (Phi) is 0.795. The topological polar surface area (TPSA) is 3.01 Å². The second-order valence-electron chi connectivity index (χ2n) is 2.08. The van der Waals surface area contributed by atoms with Crippen LogP contribution in [0, 0.1) is 0 Å². The molecule has 1 atom stereocenters. The van der Waals surface area contributed by atoms with Crippen molar-refractivity contribution >= 4 is 5.87 Å². The quantitative estimate of drug-likeness (QED) is 0.389. The van der Waals surface area contributed by atoms with Crippen LogP contribution >= 0.6 is 0 Å². The smallest absolute Gasteiger partial charge is 0.184 e. The first-order valence-electron chi connectivity index (χ1n) is 2.55. The zero-order chi connectivity index (χ0) is 5.44. The Morgan fingerprint density at radius 2 is 2.29 bits per heavy atom. The molecule has 1 rings (SSSR count). The summed E-state index contributed by atoms with van der Waals surface area (Å²) in [5.74, 6) is 3.11. The fourth-order valence-electron chi connectivity index (χ4n) is 0.693. The van der Waals surface area contributed by atoms with Crippen LogP contribution in [0.1, 0.15) is 13.8 Å². The van der Waals surface area contributed by atoms with E-state index in [9.17, 15) is 0 Å². The molecule has 7 heavy (non-hydrogen) atoms. The Balaban J connectivity index is 2.83. The van der Waals surface area contributed by atoms with Gasteiger partial charge in [-0.25, -0.2) is 0 Å². The highest BCUT2D eigenvalue weighted by Crippen LogP contribution is 2.04. The third-order valence-electron chi connectivity index (χ3n) is 1.56. The van der Waals surface area contributed by atoms with Crippen molar-refractivity contribution in [1.29, 1.82) is 0 Å². The second-order valence-corrected chi connectivity index (χ2v) is 2.08. The first kappa shape index (κ1) is 4.61. The number of nitrogens with zero attached hydrogens (tertiary/aromatic N) is 1. The number of likely N-dealkylation sites (N-methyl/N-ethyl adjacent to an activating group) is 1. The van der Waals surface area contributed by atoms with Crippen molar-refractivity contribution in [3.05, 3.63) is 5.57 Å². The predicted molar refractivity (Wildman–Crippen MR) is 29.8 cm³/mol. The molecule has 1 aliphatic rings. The van der Waals surface area contributed by atoms with Gasteiger partial charge >= 0.3 is 0 Å². The summed E-state index contributed by atoms with van der Waals surface area (Å²) in [4.78, 5) is 0. The van der Waals surface area contributed by atoms with Gasteiger partial charge in [0.1, 0.15) is 12.6 Å². The van der Waals surface area contributed by atoms with Gasteiger partial charge in [-0.3, -0.25) is 0 Å². The zero-order valence-corrected chi connectivity index (χ0v) is 5.02. The maximum atomic E-state index is 3.11. The van der Waals surface area contributed by atoms with Gasteiger partial charge in [0.05, 0.1) is 0 Å². The van der Waals surface area contributed by atoms with Gasteiger partial charge in [-0.1, -0.05) is 0 Å². The maximum Gasteiger partial charge on any atom is 0.193 e. The molecule has 0 aromatic carbocycles. The van der Waals surface area contributed by atoms with Crippen molar-refractivity contribution in [3.63, 3.8) is 0 Å². The van der Waals surface area contributed by atoms with Gasteiger partial charge in [0.25, 0.3) is 0 Å². The molecule has 0 radical (unpaired) electrons. The summed E-state index contributed by atoms with van der Waals surface area (Å²) in [6.07, 6.45) is 0. The van der Waals surface area contributed by atoms with Crippen LogP contribution in [0.3, 0.4) is 0 Å². The molecule has 0 saturated carbocycles. The molecular formula is C6H10N+. The average molecular weight is 96.2 g/mol. The average Bonchev–Trinajstić information content (AvgIpc) is 1.68. The van der Waals surface area contributed by atoms with Gasteiger partial charge in [0.2, 0.25) is 0 Å². The molecule has 0 amide bonds. The maximum absolute atomic E-state index is 3.11. The molecule has 1 heteroatoms. The Hall–Kier alpha value is -0.550. The van der Waals surface area contributed by atoms with Crippen LogP contribution in [-0.4, -0.2) is 23.5 Å². The Morgan fingerprint density at radius 3 is 2.29 bits per heavy atom. The molecule has 0 aromatic heterocycles. The molecule has 0 fully saturated rings. The normalized spacial score (nSPS) is 28.1. The third kappa shape index (κ3) is 0.495. The third-order valence-corrected chi connectivity index (χ3v) is 1.56. The second kappa shape index (κ2) is 1.21. The Bertz CT molecular complexity index is 136. The van der Waals surface area contributed by atoms with Crippen LogP contribution < -0.4 is 0 Å². The lowest BCUT2D eigenvalue weighted by Crippen LogP contribution is -2.28. The summed E-state index contributed by atoms with van der Waals surface area (Å²) < 4.78 is 2.08. The Labute approximate surface area is 44.0 Å². The van der Waals surface area contributed by atoms with E-state index >= 15 is 0 Å². The molecule has 0 aromatic rings. The first-order chi connectivity index (χ1) is 3.22. The fourth-order valence-corrected chi connectivity index (χ4v) is 0.693. The molecule has 0 bridgehead atoms. The summed E-state index contributed by atoms with van der Waals surface area (Å²) in [6, 6.07) is 0.639. The summed E-state index contributed by atoms with van der Waals surface area (Å²) in [6.45, 7) is 4.27. The van der Waals surface area contributed by atoms with E-state index in [0.717, 1.165) is 0 Å². The summed E-state index contributed by atoms with van der Waals surface area (Å²) >= 11 is 0. The van der Waals surface area contributed by atoms with Crippen molar-refractivity contribution in [1.82, 2.24) is 0 Å². The minimum Gasteiger partial charge on any atom is -0.184 e. The van der Waals surface area contributed by atoms with E-state index in [2.05, 4.69) is 24.3 Å². The van der Waals surface area contributed by atoms with Crippen LogP contribution in [0.25, 0.3) is 0 Å². The van der Waals surface area contributed by atoms with Gasteiger partial charge in [-0.2, -0.15) is 4.58 Å². The summed E-state index contributed by atoms with van der Waals surface area (Å²) in [5.41, 5.74) is 1.36. The van der Waals surface area contributed by atoms with Crippen molar-refractivity contribution in [2.24, 2.45) is 0 Å². The molecule has 38 valence electrons. The van der Waals surface area contributed by atoms with Crippen LogP contribution in [0.5, 0.6) is 0 Å². The number of hydrogen-bond acceptors (Lipinski definition) is 0. The zero-order valence-electron chi connectivity index (χ0n) is 5.02. The van der Waals surface area contributed by atoms with Crippen molar-refractivity contribution < 1.29 is 4.58 Å². The minimum atomic E-state index is 0.639. The van der Waals surface area contributed by atoms with E-state index < -0.39 is 0 Å². The van der Waals surface area contributed by atoms with Crippen LogP contribution in [0.2, 0.25) is 0 Å². The minimum absolute atomic E-state index is 0.639. The van der Waals surface area contributed by atoms with Gasteiger partial charge < -0.3 is 0 Å². The van der Waals surface area contributed by atoms with Crippen LogP contribution in [0.15, 0.2) is 5.57 Å². The molecule has 0 saturated heterocycles. The SMILES string of the molecule is CC1=C=[N+](C)C1C. The molecular weight excluding hydrogens is 86.1 g/mol. The molecule has 0 spiro atoms. The number of rotatable bonds is 0. The lowest BCUT2D eigenvalue weighted by Gasteiger charge is -2.08. The standard InChI is InChI=1S/C6H10N/c1-5-4-7(3)6(5)2/h6H,1-3H3/q+1. The molecule has 1 aliphatic heterocycles. The van der Waals surface area contributed by atoms with Gasteiger partial charge in [0, 0.05) is 6.92 Å². The summed E-state index contributed by atoms with van der Waals surface area (Å²) in [7, 11) is 2.04. The monoisotopic (exact) mass is 96.1 g/mol. The predicted octanol–water partition coefficient (Wildman–Crippen LogP) is 0.647. The van der Waals surface area contributed by atoms with Gasteiger partial charge in [-0.15, -0.1) is 0 Å². The highest BCUT2D eigenvalue weighted by atomic mass is 15.0. The lowest BCUT2D eigenvalue weighted by molar-refractivity contribution is -0.531. The van der Waals surface area contributed by atoms with Gasteiger partial charge in [-0.05, 0) is 6.92 Å². The first-order valence-corrected chi connectivity index (χ1v) is 2.55. The molecule has 1 unspecified atom stereocenters. The lowest BCUT2D eigenvalue weighted by atomic mass is 10.1. The van der Waals surface area contributed by atoms with Crippen LogP contribution in [0.4, 0.5) is 0 Å². The molecule has 0 aliphatic carbocycles. The van der Waals surface area contributed by atoms with Crippen molar-refractivity contribution in [3.8, 4) is 0 Å². The van der Waals surface area contributed by atoms with E-state index in [-0.39, 0.29) is 0 Å². The molecule has 0 N–H and O–H groups in total. The fraction of sp³-hybridized carbons (Fsp3) is 0.667. The van der Waals surface area contributed by atoms with Crippen molar-refractivity contribution in [2.45, 2.75) is 19.9 Å². The highest BCUT2D eigenvalue weighted by Gasteiger charge is 2.21. The summed E-state index contributed by atoms with van der Waals surface area (Å²) in [5, 5.41) is 0. The van der Waals surface area contributed by atoms with E-state index in [1.54, 1.807) is 0 Å². The molecule has 1 heterocycles. The highest BCUT2D eigenvalue weighted by molar-refractivity contribution is 5.57. The van der Waals surface area contributed by atoms with Crippen LogP contribution in [-0.2, 0) is 0 Å².